The van der Waals surface area contributed by atoms with Crippen LogP contribution in [-0.4, -0.2) is 78.4 Å². The average molecular weight is 432 g/mol. The smallest absolute Gasteiger partial charge is 0.289 e. The summed E-state index contributed by atoms with van der Waals surface area (Å²) in [4.78, 5) is 42.8. The molecule has 2 aromatic rings. The van der Waals surface area contributed by atoms with Gasteiger partial charge in [-0.05, 0) is 29.8 Å². The van der Waals surface area contributed by atoms with E-state index in [9.17, 15) is 14.4 Å². The number of rotatable bonds is 3. The molecule has 30 heavy (non-hydrogen) atoms. The number of hydrogen-bond donors (Lipinski definition) is 0. The molecule has 158 valence electrons. The predicted molar refractivity (Wildman–Crippen MR) is 108 cm³/mol. The number of morpholine rings is 1. The fourth-order valence-corrected chi connectivity index (χ4v) is 3.97. The highest BCUT2D eigenvalue weighted by atomic mass is 35.5. The zero-order chi connectivity index (χ0) is 21.3. The van der Waals surface area contributed by atoms with Gasteiger partial charge in [-0.1, -0.05) is 23.7 Å². The number of hydrogen-bond acceptors (Lipinski definition) is 5. The lowest BCUT2D eigenvalue weighted by Crippen LogP contribution is -2.57. The molecule has 9 heteroatoms. The summed E-state index contributed by atoms with van der Waals surface area (Å²) in [6, 6.07) is 9.80. The number of piperazine rings is 1. The van der Waals surface area contributed by atoms with Crippen molar-refractivity contribution in [3.8, 4) is 0 Å². The summed E-state index contributed by atoms with van der Waals surface area (Å²) in [7, 11) is 1.67. The number of nitrogens with zero attached hydrogens (tertiary/aromatic N) is 3. The van der Waals surface area contributed by atoms with Crippen LogP contribution in [0.1, 0.15) is 22.2 Å². The Labute approximate surface area is 178 Å². The molecule has 0 saturated carbocycles. The first kappa shape index (κ1) is 20.4. The molecular formula is C21H22ClN3O5. The summed E-state index contributed by atoms with van der Waals surface area (Å²) in [6.45, 7) is 1.43. The molecule has 1 aromatic carbocycles. The molecule has 2 atom stereocenters. The second-order valence-corrected chi connectivity index (χ2v) is 7.76. The van der Waals surface area contributed by atoms with E-state index < -0.39 is 12.1 Å². The van der Waals surface area contributed by atoms with Crippen LogP contribution < -0.4 is 0 Å². The Hall–Kier alpha value is -2.84. The van der Waals surface area contributed by atoms with Gasteiger partial charge in [0.2, 0.25) is 5.91 Å². The van der Waals surface area contributed by atoms with Crippen molar-refractivity contribution >= 4 is 29.3 Å². The largest absolute Gasteiger partial charge is 0.459 e. The summed E-state index contributed by atoms with van der Waals surface area (Å²) >= 11 is 5.99. The van der Waals surface area contributed by atoms with Gasteiger partial charge in [0, 0.05) is 38.2 Å². The van der Waals surface area contributed by atoms with Gasteiger partial charge in [-0.25, -0.2) is 0 Å². The van der Waals surface area contributed by atoms with Crippen molar-refractivity contribution in [2.75, 3.05) is 39.8 Å². The number of furan rings is 1. The fourth-order valence-electron chi connectivity index (χ4n) is 3.84. The van der Waals surface area contributed by atoms with Crippen molar-refractivity contribution in [2.24, 2.45) is 0 Å². The van der Waals surface area contributed by atoms with E-state index in [0.29, 0.717) is 31.2 Å². The maximum atomic E-state index is 13.3. The minimum atomic E-state index is -0.818. The Morgan fingerprint density at radius 2 is 1.70 bits per heavy atom. The summed E-state index contributed by atoms with van der Waals surface area (Å²) in [5.41, 5.74) is 0.778. The maximum Gasteiger partial charge on any atom is 0.289 e. The lowest BCUT2D eigenvalue weighted by atomic mass is 9.97. The van der Waals surface area contributed by atoms with Crippen LogP contribution in [-0.2, 0) is 14.3 Å². The topological polar surface area (TPSA) is 83.3 Å². The van der Waals surface area contributed by atoms with Gasteiger partial charge in [0.15, 0.2) is 11.9 Å². The number of amides is 3. The molecule has 0 bridgehead atoms. The number of carbonyl (C=O) groups excluding carboxylic acids is 3. The summed E-state index contributed by atoms with van der Waals surface area (Å²) in [5.74, 6) is -0.286. The van der Waals surface area contributed by atoms with Crippen molar-refractivity contribution in [2.45, 2.75) is 12.1 Å². The van der Waals surface area contributed by atoms with Crippen molar-refractivity contribution in [3.63, 3.8) is 0 Å². The number of carbonyl (C=O) groups is 3. The third kappa shape index (κ3) is 3.93. The van der Waals surface area contributed by atoms with Crippen LogP contribution in [0.5, 0.6) is 0 Å². The normalized spacial score (nSPS) is 22.3. The molecule has 2 fully saturated rings. The lowest BCUT2D eigenvalue weighted by molar-refractivity contribution is -0.168. The standard InChI is InChI=1S/C21H22ClN3O5/c1-23-17(26)13-30-19(18(23)14-4-6-15(22)7-5-14)21(28)25-10-8-24(9-11-25)20(27)16-3-2-12-29-16/h2-7,12,18-19H,8-11,13H2,1H3/t18-,19-/m1/s1. The second kappa shape index (κ2) is 8.49. The van der Waals surface area contributed by atoms with Crippen LogP contribution >= 0.6 is 11.6 Å². The van der Waals surface area contributed by atoms with Crippen molar-refractivity contribution in [1.29, 1.82) is 0 Å². The Bertz CT molecular complexity index is 923. The Morgan fingerprint density at radius 3 is 2.33 bits per heavy atom. The molecule has 1 aromatic heterocycles. The van der Waals surface area contributed by atoms with E-state index in [4.69, 9.17) is 20.8 Å². The van der Waals surface area contributed by atoms with Gasteiger partial charge in [0.25, 0.3) is 11.8 Å². The van der Waals surface area contributed by atoms with Crippen LogP contribution in [0.25, 0.3) is 0 Å². The number of likely N-dealkylation sites (N-methyl/N-ethyl adjacent to an activating group) is 1. The molecular weight excluding hydrogens is 410 g/mol. The third-order valence-electron chi connectivity index (χ3n) is 5.55. The summed E-state index contributed by atoms with van der Waals surface area (Å²) < 4.78 is 10.9. The molecule has 3 heterocycles. The highest BCUT2D eigenvalue weighted by molar-refractivity contribution is 6.30. The molecule has 8 nitrogen and oxygen atoms in total. The molecule has 0 spiro atoms. The average Bonchev–Trinajstić information content (AvgIpc) is 3.30. The number of benzene rings is 1. The Morgan fingerprint density at radius 1 is 1.03 bits per heavy atom. The molecule has 3 amide bonds. The van der Waals surface area contributed by atoms with Gasteiger partial charge in [0.05, 0.1) is 12.3 Å². The van der Waals surface area contributed by atoms with E-state index in [1.54, 1.807) is 58.1 Å². The minimum absolute atomic E-state index is 0.145. The van der Waals surface area contributed by atoms with Gasteiger partial charge in [-0.15, -0.1) is 0 Å². The van der Waals surface area contributed by atoms with Crippen LogP contribution in [0.4, 0.5) is 0 Å². The van der Waals surface area contributed by atoms with Crippen molar-refractivity contribution in [1.82, 2.24) is 14.7 Å². The molecule has 2 aliphatic rings. The highest BCUT2D eigenvalue weighted by Crippen LogP contribution is 2.31. The summed E-state index contributed by atoms with van der Waals surface area (Å²) in [5, 5.41) is 0.574. The quantitative estimate of drug-likeness (QED) is 0.740. The molecule has 4 rings (SSSR count). The van der Waals surface area contributed by atoms with Gasteiger partial charge >= 0.3 is 0 Å². The first-order valence-electron chi connectivity index (χ1n) is 9.70. The van der Waals surface area contributed by atoms with Gasteiger partial charge in [0.1, 0.15) is 6.61 Å². The molecule has 0 N–H and O–H groups in total. The monoisotopic (exact) mass is 431 g/mol. The van der Waals surface area contributed by atoms with E-state index in [-0.39, 0.29) is 30.1 Å². The third-order valence-corrected chi connectivity index (χ3v) is 5.80. The van der Waals surface area contributed by atoms with Crippen LogP contribution in [0, 0.1) is 0 Å². The first-order valence-corrected chi connectivity index (χ1v) is 10.1. The van der Waals surface area contributed by atoms with E-state index in [0.717, 1.165) is 5.56 Å². The van der Waals surface area contributed by atoms with Crippen LogP contribution in [0.3, 0.4) is 0 Å². The Balaban J connectivity index is 1.47. The van der Waals surface area contributed by atoms with Crippen LogP contribution in [0.2, 0.25) is 5.02 Å². The number of ether oxygens (including phenoxy) is 1. The van der Waals surface area contributed by atoms with E-state index in [1.807, 2.05) is 0 Å². The maximum absolute atomic E-state index is 13.3. The zero-order valence-electron chi connectivity index (χ0n) is 16.5. The van der Waals surface area contributed by atoms with Gasteiger partial charge < -0.3 is 23.9 Å². The molecule has 0 unspecified atom stereocenters. The van der Waals surface area contributed by atoms with Gasteiger partial charge in [-0.3, -0.25) is 14.4 Å². The Kier molecular flexibility index (Phi) is 5.78. The summed E-state index contributed by atoms with van der Waals surface area (Å²) in [6.07, 6.45) is 0.642. The van der Waals surface area contributed by atoms with Crippen molar-refractivity contribution in [3.05, 3.63) is 59.0 Å². The lowest BCUT2D eigenvalue weighted by Gasteiger charge is -2.42. The second-order valence-electron chi connectivity index (χ2n) is 7.33. The molecule has 2 saturated heterocycles. The van der Waals surface area contributed by atoms with Crippen LogP contribution in [0.15, 0.2) is 47.1 Å². The van der Waals surface area contributed by atoms with E-state index in [2.05, 4.69) is 0 Å². The van der Waals surface area contributed by atoms with E-state index >= 15 is 0 Å². The van der Waals surface area contributed by atoms with E-state index in [1.165, 1.54) is 6.26 Å². The predicted octanol–water partition coefficient (Wildman–Crippen LogP) is 1.82. The fraction of sp³-hybridized carbons (Fsp3) is 0.381. The minimum Gasteiger partial charge on any atom is -0.459 e. The first-order chi connectivity index (χ1) is 14.5. The van der Waals surface area contributed by atoms with Crippen molar-refractivity contribution < 1.29 is 23.5 Å². The molecule has 0 radical (unpaired) electrons. The molecule has 2 aliphatic heterocycles. The zero-order valence-corrected chi connectivity index (χ0v) is 17.2. The molecule has 0 aliphatic carbocycles. The van der Waals surface area contributed by atoms with Gasteiger partial charge in [-0.2, -0.15) is 0 Å². The number of halogens is 1. The SMILES string of the molecule is CN1C(=O)CO[C@@H](C(=O)N2CCN(C(=O)c3ccco3)CC2)[C@H]1c1ccc(Cl)cc1. The highest BCUT2D eigenvalue weighted by Gasteiger charge is 2.42.